The highest BCUT2D eigenvalue weighted by molar-refractivity contribution is 9.10. The smallest absolute Gasteiger partial charge is 0.223 e. The Morgan fingerprint density at radius 3 is 2.74 bits per heavy atom. The molecule has 0 saturated carbocycles. The quantitative estimate of drug-likeness (QED) is 0.852. The lowest BCUT2D eigenvalue weighted by Crippen LogP contribution is -2.09. The fourth-order valence-corrected chi connectivity index (χ4v) is 1.93. The van der Waals surface area contributed by atoms with Crippen LogP contribution in [0.1, 0.15) is 37.3 Å². The first kappa shape index (κ1) is 13.9. The molecule has 102 valence electrons. The number of halogens is 1. The summed E-state index contributed by atoms with van der Waals surface area (Å²) in [5.41, 5.74) is 0. The molecule has 19 heavy (non-hydrogen) atoms. The van der Waals surface area contributed by atoms with Crippen molar-refractivity contribution in [1.82, 2.24) is 20.1 Å². The molecule has 0 fully saturated rings. The van der Waals surface area contributed by atoms with Crippen molar-refractivity contribution < 1.29 is 4.52 Å². The summed E-state index contributed by atoms with van der Waals surface area (Å²) in [6.07, 6.45) is 0.690. The van der Waals surface area contributed by atoms with Gasteiger partial charge in [-0.05, 0) is 15.9 Å². The van der Waals surface area contributed by atoms with E-state index in [-0.39, 0.29) is 5.92 Å². The zero-order chi connectivity index (χ0) is 13.8. The Bertz CT molecular complexity index is 555. The van der Waals surface area contributed by atoms with Gasteiger partial charge in [0.2, 0.25) is 5.89 Å². The van der Waals surface area contributed by atoms with Gasteiger partial charge in [-0.3, -0.25) is 0 Å². The molecule has 0 bridgehead atoms. The summed E-state index contributed by atoms with van der Waals surface area (Å²) in [5.74, 6) is 3.18. The molecule has 0 unspecified atom stereocenters. The summed E-state index contributed by atoms with van der Waals surface area (Å²) >= 11 is 3.39. The normalized spacial score (nSPS) is 11.0. The first-order chi connectivity index (χ1) is 9.04. The van der Waals surface area contributed by atoms with Crippen LogP contribution in [0.4, 0.5) is 5.82 Å². The van der Waals surface area contributed by atoms with Crippen molar-refractivity contribution in [3.63, 3.8) is 0 Å². The maximum absolute atomic E-state index is 4.91. The average molecular weight is 326 g/mol. The topological polar surface area (TPSA) is 76.7 Å². The molecule has 0 aromatic carbocycles. The highest BCUT2D eigenvalue weighted by atomic mass is 79.9. The van der Waals surface area contributed by atoms with Gasteiger partial charge in [0.15, 0.2) is 5.82 Å². The van der Waals surface area contributed by atoms with Crippen LogP contribution in [-0.4, -0.2) is 26.7 Å². The maximum atomic E-state index is 4.91. The van der Waals surface area contributed by atoms with Crippen molar-refractivity contribution in [3.8, 4) is 0 Å². The summed E-state index contributed by atoms with van der Waals surface area (Å²) in [6, 6.07) is 1.85. The molecule has 7 heteroatoms. The Morgan fingerprint density at radius 2 is 2.11 bits per heavy atom. The molecular weight excluding hydrogens is 310 g/mol. The van der Waals surface area contributed by atoms with Gasteiger partial charge in [-0.2, -0.15) is 4.98 Å². The number of aromatic nitrogens is 4. The van der Waals surface area contributed by atoms with Crippen molar-refractivity contribution >= 4 is 21.7 Å². The molecule has 2 aromatic rings. The fourth-order valence-electron chi connectivity index (χ4n) is 1.53. The summed E-state index contributed by atoms with van der Waals surface area (Å²) in [7, 11) is 0. The fraction of sp³-hybridized carbons (Fsp3) is 0.500. The van der Waals surface area contributed by atoms with Crippen molar-refractivity contribution in [1.29, 1.82) is 0 Å². The summed E-state index contributed by atoms with van der Waals surface area (Å²) < 4.78 is 5.70. The summed E-state index contributed by atoms with van der Waals surface area (Å²) in [4.78, 5) is 12.9. The lowest BCUT2D eigenvalue weighted by atomic mass is 10.2. The molecule has 2 heterocycles. The SMILES string of the molecule is Cc1nc(CCNc2cc(Br)nc(C(C)C)n2)no1. The predicted molar refractivity (Wildman–Crippen MR) is 75.0 cm³/mol. The van der Waals surface area contributed by atoms with Crippen LogP contribution >= 0.6 is 15.9 Å². The number of rotatable bonds is 5. The van der Waals surface area contributed by atoms with E-state index >= 15 is 0 Å². The number of nitrogens with zero attached hydrogens (tertiary/aromatic N) is 4. The van der Waals surface area contributed by atoms with E-state index in [1.54, 1.807) is 6.92 Å². The van der Waals surface area contributed by atoms with E-state index in [4.69, 9.17) is 4.52 Å². The Morgan fingerprint density at radius 1 is 1.32 bits per heavy atom. The maximum Gasteiger partial charge on any atom is 0.223 e. The minimum absolute atomic E-state index is 0.290. The minimum Gasteiger partial charge on any atom is -0.369 e. The summed E-state index contributed by atoms with van der Waals surface area (Å²) in [6.45, 7) is 6.60. The third-order valence-electron chi connectivity index (χ3n) is 2.45. The molecule has 1 N–H and O–H groups in total. The molecule has 0 amide bonds. The number of aryl methyl sites for hydroxylation is 1. The van der Waals surface area contributed by atoms with Crippen LogP contribution in [0.3, 0.4) is 0 Å². The first-order valence-electron chi connectivity index (χ1n) is 6.12. The predicted octanol–water partition coefficient (Wildman–Crippen LogP) is 2.71. The van der Waals surface area contributed by atoms with Crippen LogP contribution < -0.4 is 5.32 Å². The van der Waals surface area contributed by atoms with Gasteiger partial charge in [0.1, 0.15) is 16.2 Å². The Hall–Kier alpha value is -1.50. The molecule has 0 aliphatic heterocycles. The van der Waals surface area contributed by atoms with Crippen LogP contribution in [0.15, 0.2) is 15.2 Å². The van der Waals surface area contributed by atoms with Crippen molar-refractivity contribution in [2.45, 2.75) is 33.1 Å². The largest absolute Gasteiger partial charge is 0.369 e. The molecule has 0 atom stereocenters. The second kappa shape index (κ2) is 6.10. The van der Waals surface area contributed by atoms with E-state index in [2.05, 4.69) is 55.2 Å². The van der Waals surface area contributed by atoms with Gasteiger partial charge < -0.3 is 9.84 Å². The summed E-state index contributed by atoms with van der Waals surface area (Å²) in [5, 5.41) is 7.08. The highest BCUT2D eigenvalue weighted by Crippen LogP contribution is 2.17. The van der Waals surface area contributed by atoms with Crippen LogP contribution in [0.25, 0.3) is 0 Å². The van der Waals surface area contributed by atoms with Gasteiger partial charge in [-0.15, -0.1) is 0 Å². The van der Waals surface area contributed by atoms with E-state index in [9.17, 15) is 0 Å². The van der Waals surface area contributed by atoms with Gasteiger partial charge in [0.05, 0.1) is 0 Å². The van der Waals surface area contributed by atoms with Crippen LogP contribution in [0, 0.1) is 6.92 Å². The van der Waals surface area contributed by atoms with E-state index in [0.717, 1.165) is 16.2 Å². The molecule has 0 spiro atoms. The Labute approximate surface area is 120 Å². The van der Waals surface area contributed by atoms with Crippen molar-refractivity contribution in [2.24, 2.45) is 0 Å². The molecule has 2 rings (SSSR count). The Balaban J connectivity index is 1.95. The van der Waals surface area contributed by atoms with E-state index < -0.39 is 0 Å². The first-order valence-corrected chi connectivity index (χ1v) is 6.91. The molecule has 2 aromatic heterocycles. The molecular formula is C12H16BrN5O. The van der Waals surface area contributed by atoms with Crippen molar-refractivity contribution in [3.05, 3.63) is 28.2 Å². The van der Waals surface area contributed by atoms with Crippen molar-refractivity contribution in [2.75, 3.05) is 11.9 Å². The van der Waals surface area contributed by atoms with Gasteiger partial charge in [-0.25, -0.2) is 9.97 Å². The molecule has 0 saturated heterocycles. The lowest BCUT2D eigenvalue weighted by Gasteiger charge is -2.08. The monoisotopic (exact) mass is 325 g/mol. The van der Waals surface area contributed by atoms with Crippen LogP contribution in [-0.2, 0) is 6.42 Å². The zero-order valence-corrected chi connectivity index (χ0v) is 12.7. The van der Waals surface area contributed by atoms with E-state index in [1.807, 2.05) is 6.07 Å². The lowest BCUT2D eigenvalue weighted by molar-refractivity contribution is 0.387. The third kappa shape index (κ3) is 3.99. The molecule has 0 aliphatic rings. The number of nitrogens with one attached hydrogen (secondary N) is 1. The highest BCUT2D eigenvalue weighted by Gasteiger charge is 2.07. The standard InChI is InChI=1S/C12H16BrN5O/c1-7(2)12-16-9(13)6-11(17-12)14-5-4-10-15-8(3)19-18-10/h6-7H,4-5H2,1-3H3,(H,14,16,17). The van der Waals surface area contributed by atoms with Gasteiger partial charge in [-0.1, -0.05) is 19.0 Å². The number of anilines is 1. The molecule has 6 nitrogen and oxygen atoms in total. The molecule has 0 radical (unpaired) electrons. The van der Waals surface area contributed by atoms with Gasteiger partial charge in [0, 0.05) is 31.9 Å². The zero-order valence-electron chi connectivity index (χ0n) is 11.1. The number of hydrogen-bond acceptors (Lipinski definition) is 6. The van der Waals surface area contributed by atoms with E-state index in [0.29, 0.717) is 24.7 Å². The minimum atomic E-state index is 0.290. The van der Waals surface area contributed by atoms with Crippen LogP contribution in [0.5, 0.6) is 0 Å². The Kier molecular flexibility index (Phi) is 4.47. The van der Waals surface area contributed by atoms with E-state index in [1.165, 1.54) is 0 Å². The second-order valence-corrected chi connectivity index (χ2v) is 5.31. The van der Waals surface area contributed by atoms with Gasteiger partial charge in [0.25, 0.3) is 0 Å². The van der Waals surface area contributed by atoms with Gasteiger partial charge >= 0.3 is 0 Å². The van der Waals surface area contributed by atoms with Crippen LogP contribution in [0.2, 0.25) is 0 Å². The molecule has 0 aliphatic carbocycles. The number of hydrogen-bond donors (Lipinski definition) is 1. The third-order valence-corrected chi connectivity index (χ3v) is 2.86. The second-order valence-electron chi connectivity index (χ2n) is 4.50. The average Bonchev–Trinajstić information content (AvgIpc) is 2.74.